The number of carbonyl (C=O) groups is 1. The van der Waals surface area contributed by atoms with E-state index in [1.165, 1.54) is 0 Å². The van der Waals surface area contributed by atoms with Crippen molar-refractivity contribution in [1.82, 2.24) is 15.3 Å². The molecule has 5 nitrogen and oxygen atoms in total. The van der Waals surface area contributed by atoms with Crippen LogP contribution in [0.2, 0.25) is 0 Å². The molecule has 0 fully saturated rings. The minimum Gasteiger partial charge on any atom is -0.341 e. The van der Waals surface area contributed by atoms with E-state index >= 15 is 0 Å². The highest BCUT2D eigenvalue weighted by atomic mass is 32.1. The summed E-state index contributed by atoms with van der Waals surface area (Å²) < 4.78 is 0.571. The van der Waals surface area contributed by atoms with Gasteiger partial charge in [-0.3, -0.25) is 0 Å². The first-order valence-corrected chi connectivity index (χ1v) is 4.80. The Kier molecular flexibility index (Phi) is 2.42. The Balaban J connectivity index is 2.38. The van der Waals surface area contributed by atoms with Crippen LogP contribution < -0.4 is 10.6 Å². The van der Waals surface area contributed by atoms with Gasteiger partial charge in [0.1, 0.15) is 0 Å². The molecule has 0 radical (unpaired) electrons. The largest absolute Gasteiger partial charge is 0.341 e. The first-order chi connectivity index (χ1) is 7.19. The Hall–Kier alpha value is -1.82. The summed E-state index contributed by atoms with van der Waals surface area (Å²) in [6, 6.07) is 5.23. The summed E-state index contributed by atoms with van der Waals surface area (Å²) in [5.41, 5.74) is 2.50. The number of hydrogen-bond donors (Lipinski definition) is 4. The van der Waals surface area contributed by atoms with E-state index in [0.717, 1.165) is 11.0 Å². The maximum atomic E-state index is 11.1. The monoisotopic (exact) mass is 222 g/mol. The molecular formula is C9H10N4OS. The minimum absolute atomic E-state index is 0.247. The summed E-state index contributed by atoms with van der Waals surface area (Å²) >= 11 is 4.96. The molecule has 0 aliphatic heterocycles. The first kappa shape index (κ1) is 9.72. The smallest absolute Gasteiger partial charge is 0.318 e. The standard InChI is InChI=1S/C9H10N4OS/c1-10-8(14)11-5-2-3-6-7(4-5)13-9(15)12-6/h2-4H,1H3,(H2,10,11,14)(H2,12,13,15). The molecule has 2 amide bonds. The number of amides is 2. The number of nitrogens with one attached hydrogen (secondary N) is 4. The zero-order valence-electron chi connectivity index (χ0n) is 8.05. The van der Waals surface area contributed by atoms with Crippen molar-refractivity contribution >= 4 is 35.0 Å². The fraction of sp³-hybridized carbons (Fsp3) is 0.111. The van der Waals surface area contributed by atoms with E-state index in [4.69, 9.17) is 12.2 Å². The van der Waals surface area contributed by atoms with Crippen molar-refractivity contribution in [3.05, 3.63) is 23.0 Å². The number of rotatable bonds is 1. The van der Waals surface area contributed by atoms with Crippen molar-refractivity contribution in [2.75, 3.05) is 12.4 Å². The number of fused-ring (bicyclic) bond motifs is 1. The van der Waals surface area contributed by atoms with Gasteiger partial charge in [-0.05, 0) is 30.4 Å². The second kappa shape index (κ2) is 3.74. The average molecular weight is 222 g/mol. The van der Waals surface area contributed by atoms with Gasteiger partial charge < -0.3 is 20.6 Å². The van der Waals surface area contributed by atoms with Gasteiger partial charge in [0.2, 0.25) is 0 Å². The van der Waals surface area contributed by atoms with Crippen LogP contribution in [-0.4, -0.2) is 23.0 Å². The van der Waals surface area contributed by atoms with Crippen LogP contribution in [0, 0.1) is 4.77 Å². The van der Waals surface area contributed by atoms with E-state index in [-0.39, 0.29) is 6.03 Å². The van der Waals surface area contributed by atoms with Crippen LogP contribution in [0.1, 0.15) is 0 Å². The second-order valence-electron chi connectivity index (χ2n) is 3.04. The van der Waals surface area contributed by atoms with Crippen molar-refractivity contribution in [2.24, 2.45) is 0 Å². The molecular weight excluding hydrogens is 212 g/mol. The lowest BCUT2D eigenvalue weighted by Crippen LogP contribution is -2.24. The number of imidazole rings is 1. The van der Waals surface area contributed by atoms with Crippen LogP contribution in [0.3, 0.4) is 0 Å². The van der Waals surface area contributed by atoms with Crippen molar-refractivity contribution in [2.45, 2.75) is 0 Å². The molecule has 4 N–H and O–H groups in total. The molecule has 0 aliphatic carbocycles. The second-order valence-corrected chi connectivity index (χ2v) is 3.45. The Morgan fingerprint density at radius 3 is 2.80 bits per heavy atom. The quantitative estimate of drug-likeness (QED) is 0.557. The minimum atomic E-state index is -0.247. The summed E-state index contributed by atoms with van der Waals surface area (Å²) in [6.07, 6.45) is 0. The van der Waals surface area contributed by atoms with Gasteiger partial charge in [-0.25, -0.2) is 4.79 Å². The Bertz CT molecular complexity index is 556. The molecule has 0 saturated carbocycles. The van der Waals surface area contributed by atoms with Gasteiger partial charge in [-0.2, -0.15) is 0 Å². The lowest BCUT2D eigenvalue weighted by Gasteiger charge is -2.03. The molecule has 0 aliphatic rings. The molecule has 6 heteroatoms. The Morgan fingerprint density at radius 1 is 1.33 bits per heavy atom. The van der Waals surface area contributed by atoms with Crippen molar-refractivity contribution < 1.29 is 4.79 Å². The van der Waals surface area contributed by atoms with Gasteiger partial charge in [0, 0.05) is 12.7 Å². The molecule has 78 valence electrons. The van der Waals surface area contributed by atoms with Crippen molar-refractivity contribution in [3.63, 3.8) is 0 Å². The van der Waals surface area contributed by atoms with Crippen LogP contribution in [-0.2, 0) is 0 Å². The maximum absolute atomic E-state index is 11.1. The highest BCUT2D eigenvalue weighted by Crippen LogP contribution is 2.15. The molecule has 0 bridgehead atoms. The number of urea groups is 1. The lowest BCUT2D eigenvalue weighted by molar-refractivity contribution is 0.254. The molecule has 2 rings (SSSR count). The number of benzene rings is 1. The van der Waals surface area contributed by atoms with Crippen LogP contribution >= 0.6 is 12.2 Å². The summed E-state index contributed by atoms with van der Waals surface area (Å²) in [5.74, 6) is 0. The van der Waals surface area contributed by atoms with Gasteiger partial charge in [0.25, 0.3) is 0 Å². The zero-order valence-corrected chi connectivity index (χ0v) is 8.87. The van der Waals surface area contributed by atoms with E-state index in [0.29, 0.717) is 10.5 Å². The first-order valence-electron chi connectivity index (χ1n) is 4.40. The molecule has 0 spiro atoms. The topological polar surface area (TPSA) is 72.7 Å². The molecule has 1 aromatic heterocycles. The van der Waals surface area contributed by atoms with E-state index in [2.05, 4.69) is 20.6 Å². The summed E-state index contributed by atoms with van der Waals surface area (Å²) in [7, 11) is 1.57. The predicted molar refractivity (Wildman–Crippen MR) is 61.6 cm³/mol. The third-order valence-electron chi connectivity index (χ3n) is 2.00. The lowest BCUT2D eigenvalue weighted by atomic mass is 10.3. The van der Waals surface area contributed by atoms with E-state index in [9.17, 15) is 4.79 Å². The van der Waals surface area contributed by atoms with Gasteiger partial charge >= 0.3 is 6.03 Å². The van der Waals surface area contributed by atoms with Crippen LogP contribution in [0.5, 0.6) is 0 Å². The molecule has 15 heavy (non-hydrogen) atoms. The van der Waals surface area contributed by atoms with E-state index in [1.54, 1.807) is 13.1 Å². The van der Waals surface area contributed by atoms with Crippen LogP contribution in [0.15, 0.2) is 18.2 Å². The fourth-order valence-electron chi connectivity index (χ4n) is 1.30. The van der Waals surface area contributed by atoms with Gasteiger partial charge in [-0.15, -0.1) is 0 Å². The van der Waals surface area contributed by atoms with Crippen molar-refractivity contribution in [1.29, 1.82) is 0 Å². The predicted octanol–water partition coefficient (Wildman–Crippen LogP) is 1.98. The summed E-state index contributed by atoms with van der Waals surface area (Å²) in [4.78, 5) is 17.0. The molecule has 0 saturated heterocycles. The Morgan fingerprint density at radius 2 is 2.07 bits per heavy atom. The third-order valence-corrected chi connectivity index (χ3v) is 2.21. The van der Waals surface area contributed by atoms with Crippen molar-refractivity contribution in [3.8, 4) is 0 Å². The Labute approximate surface area is 90.9 Å². The van der Waals surface area contributed by atoms with E-state index in [1.807, 2.05) is 12.1 Å². The normalized spacial score (nSPS) is 10.2. The molecule has 1 aromatic carbocycles. The molecule has 0 unspecified atom stereocenters. The van der Waals surface area contributed by atoms with Gasteiger partial charge in [-0.1, -0.05) is 0 Å². The van der Waals surface area contributed by atoms with Crippen LogP contribution in [0.25, 0.3) is 11.0 Å². The number of aromatic amines is 2. The molecule has 1 heterocycles. The zero-order chi connectivity index (χ0) is 10.8. The fourth-order valence-corrected chi connectivity index (χ4v) is 1.52. The number of hydrogen-bond acceptors (Lipinski definition) is 2. The number of aromatic nitrogens is 2. The summed E-state index contributed by atoms with van der Waals surface area (Å²) in [6.45, 7) is 0. The molecule has 2 aromatic rings. The summed E-state index contributed by atoms with van der Waals surface area (Å²) in [5, 5.41) is 5.15. The number of H-pyrrole nitrogens is 2. The average Bonchev–Trinajstić information content (AvgIpc) is 2.57. The highest BCUT2D eigenvalue weighted by Gasteiger charge is 2.01. The maximum Gasteiger partial charge on any atom is 0.318 e. The number of anilines is 1. The van der Waals surface area contributed by atoms with E-state index < -0.39 is 0 Å². The molecule has 0 atom stereocenters. The highest BCUT2D eigenvalue weighted by molar-refractivity contribution is 7.71. The third kappa shape index (κ3) is 1.99. The van der Waals surface area contributed by atoms with Gasteiger partial charge in [0.05, 0.1) is 11.0 Å². The number of carbonyl (C=O) groups excluding carboxylic acids is 1. The van der Waals surface area contributed by atoms with Gasteiger partial charge in [0.15, 0.2) is 4.77 Å². The van der Waals surface area contributed by atoms with Crippen LogP contribution in [0.4, 0.5) is 10.5 Å². The SMILES string of the molecule is CNC(=O)Nc1ccc2[nH]c(=S)[nH]c2c1.